The van der Waals surface area contributed by atoms with Gasteiger partial charge in [0.15, 0.2) is 12.5 Å². The number of nitrogens with zero attached hydrogens (tertiary/aromatic N) is 3. The van der Waals surface area contributed by atoms with Crippen molar-refractivity contribution < 1.29 is 14.0 Å². The van der Waals surface area contributed by atoms with E-state index >= 15 is 0 Å². The lowest BCUT2D eigenvalue weighted by Crippen LogP contribution is -3.07. The molecule has 0 fully saturated rings. The predicted molar refractivity (Wildman–Crippen MR) is 110 cm³/mol. The summed E-state index contributed by atoms with van der Waals surface area (Å²) >= 11 is 5.65. The smallest absolute Gasteiger partial charge is 0.203 e. The molecule has 1 heterocycles. The van der Waals surface area contributed by atoms with Gasteiger partial charge in [-0.3, -0.25) is 4.57 Å². The molecule has 1 unspecified atom stereocenters. The molecular formula is C21H24FN4OS+. The highest BCUT2D eigenvalue weighted by molar-refractivity contribution is 7.71. The van der Waals surface area contributed by atoms with Crippen molar-refractivity contribution in [3.63, 3.8) is 0 Å². The minimum atomic E-state index is -0.223. The van der Waals surface area contributed by atoms with Crippen molar-refractivity contribution in [1.29, 1.82) is 0 Å². The van der Waals surface area contributed by atoms with Gasteiger partial charge in [-0.1, -0.05) is 18.2 Å². The van der Waals surface area contributed by atoms with Crippen LogP contribution in [-0.4, -0.2) is 28.5 Å². The lowest BCUT2D eigenvalue weighted by Gasteiger charge is -2.13. The van der Waals surface area contributed by atoms with Crippen molar-refractivity contribution >= 4 is 12.2 Å². The number of aromatic nitrogens is 3. The van der Waals surface area contributed by atoms with Gasteiger partial charge in [0.1, 0.15) is 18.1 Å². The second-order valence-corrected chi connectivity index (χ2v) is 7.02. The summed E-state index contributed by atoms with van der Waals surface area (Å²) < 4.78 is 23.1. The largest absolute Gasteiger partial charge is 0.497 e. The first kappa shape index (κ1) is 20.0. The number of ether oxygens (including phenoxy) is 1. The first-order valence-corrected chi connectivity index (χ1v) is 9.41. The fourth-order valence-corrected chi connectivity index (χ4v) is 3.36. The van der Waals surface area contributed by atoms with Crippen LogP contribution in [0.25, 0.3) is 11.4 Å². The van der Waals surface area contributed by atoms with Gasteiger partial charge >= 0.3 is 0 Å². The second kappa shape index (κ2) is 8.95. The number of halogens is 1. The highest BCUT2D eigenvalue weighted by Gasteiger charge is 2.15. The summed E-state index contributed by atoms with van der Waals surface area (Å²) in [6, 6.07) is 14.4. The number of hydrogen-bond donors (Lipinski definition) is 1. The molecule has 0 amide bonds. The zero-order chi connectivity index (χ0) is 20.1. The molecule has 0 bridgehead atoms. The molecule has 1 N–H and O–H groups in total. The molecule has 0 saturated carbocycles. The van der Waals surface area contributed by atoms with Crippen LogP contribution in [0.2, 0.25) is 0 Å². The minimum absolute atomic E-state index is 0.223. The van der Waals surface area contributed by atoms with E-state index < -0.39 is 0 Å². The van der Waals surface area contributed by atoms with Crippen LogP contribution in [0.15, 0.2) is 61.2 Å². The molecule has 28 heavy (non-hydrogen) atoms. The molecule has 7 heteroatoms. The quantitative estimate of drug-likeness (QED) is 0.467. The minimum Gasteiger partial charge on any atom is -0.497 e. The number of rotatable bonds is 8. The van der Waals surface area contributed by atoms with Gasteiger partial charge in [0.25, 0.3) is 0 Å². The average Bonchev–Trinajstić information content (AvgIpc) is 2.98. The fourth-order valence-electron chi connectivity index (χ4n) is 3.10. The zero-order valence-electron chi connectivity index (χ0n) is 16.1. The molecular weight excluding hydrogens is 375 g/mol. The predicted octanol–water partition coefficient (Wildman–Crippen LogP) is 3.09. The first-order chi connectivity index (χ1) is 13.5. The topological polar surface area (TPSA) is 36.4 Å². The standard InChI is InChI=1S/C21H23FN4OS/c1-4-12-25-20(17-8-10-19(27-3)11-9-17)23-26(21(25)28)15-24(2)14-16-6-5-7-18(22)13-16/h4-11,13H,1,12,14-15H2,2-3H3/p+1. The summed E-state index contributed by atoms with van der Waals surface area (Å²) in [7, 11) is 3.67. The lowest BCUT2D eigenvalue weighted by atomic mass is 10.2. The highest BCUT2D eigenvalue weighted by atomic mass is 32.1. The normalized spacial score (nSPS) is 12.0. The van der Waals surface area contributed by atoms with Gasteiger partial charge in [-0.15, -0.1) is 11.7 Å². The van der Waals surface area contributed by atoms with Gasteiger partial charge in [0.05, 0.1) is 14.2 Å². The molecule has 5 nitrogen and oxygen atoms in total. The number of hydrogen-bond acceptors (Lipinski definition) is 3. The van der Waals surface area contributed by atoms with Crippen molar-refractivity contribution in [2.45, 2.75) is 19.8 Å². The fraction of sp³-hybridized carbons (Fsp3) is 0.238. The summed E-state index contributed by atoms with van der Waals surface area (Å²) in [5.41, 5.74) is 1.89. The van der Waals surface area contributed by atoms with Crippen molar-refractivity contribution in [2.75, 3.05) is 14.2 Å². The van der Waals surface area contributed by atoms with E-state index in [-0.39, 0.29) is 5.82 Å². The zero-order valence-corrected chi connectivity index (χ0v) is 16.9. The molecule has 0 aliphatic heterocycles. The molecule has 1 aromatic heterocycles. The van der Waals surface area contributed by atoms with Crippen molar-refractivity contribution in [1.82, 2.24) is 14.3 Å². The van der Waals surface area contributed by atoms with Gasteiger partial charge in [0, 0.05) is 17.7 Å². The van der Waals surface area contributed by atoms with Crippen molar-refractivity contribution in [3.05, 3.63) is 77.3 Å². The summed E-state index contributed by atoms with van der Waals surface area (Å²) in [5.74, 6) is 1.35. The van der Waals surface area contributed by atoms with E-state index in [1.54, 1.807) is 25.3 Å². The average molecular weight is 400 g/mol. The van der Waals surface area contributed by atoms with Crippen molar-refractivity contribution in [2.24, 2.45) is 0 Å². The molecule has 3 aromatic rings. The summed E-state index contributed by atoms with van der Waals surface area (Å²) in [4.78, 5) is 1.14. The Morgan fingerprint density at radius 3 is 2.64 bits per heavy atom. The van der Waals surface area contributed by atoms with Crippen molar-refractivity contribution in [3.8, 4) is 17.1 Å². The third-order valence-electron chi connectivity index (χ3n) is 4.40. The Labute approximate surface area is 169 Å². The van der Waals surface area contributed by atoms with E-state index in [9.17, 15) is 4.39 Å². The van der Waals surface area contributed by atoms with E-state index in [2.05, 4.69) is 6.58 Å². The molecule has 2 aromatic carbocycles. The van der Waals surface area contributed by atoms with Crippen LogP contribution in [0.5, 0.6) is 5.75 Å². The van der Waals surface area contributed by atoms with E-state index in [4.69, 9.17) is 22.1 Å². The van der Waals surface area contributed by atoms with Crippen LogP contribution in [-0.2, 0) is 19.8 Å². The van der Waals surface area contributed by atoms with Gasteiger partial charge in [-0.25, -0.2) is 4.39 Å². The van der Waals surface area contributed by atoms with Gasteiger partial charge in [-0.05, 0) is 48.6 Å². The molecule has 146 valence electrons. The Bertz CT molecular complexity index is 1010. The van der Waals surface area contributed by atoms with Crippen LogP contribution in [0.3, 0.4) is 0 Å². The van der Waals surface area contributed by atoms with Crippen LogP contribution in [0.4, 0.5) is 4.39 Å². The maximum absolute atomic E-state index is 13.4. The third-order valence-corrected chi connectivity index (χ3v) is 4.83. The number of allylic oxidation sites excluding steroid dienone is 1. The Morgan fingerprint density at radius 2 is 2.00 bits per heavy atom. The van der Waals surface area contributed by atoms with Crippen LogP contribution in [0.1, 0.15) is 5.56 Å². The molecule has 0 radical (unpaired) electrons. The van der Waals surface area contributed by atoms with Crippen LogP contribution >= 0.6 is 12.2 Å². The molecule has 0 aliphatic rings. The Hall–Kier alpha value is -2.77. The molecule has 0 saturated heterocycles. The van der Waals surface area contributed by atoms with Gasteiger partial charge < -0.3 is 9.64 Å². The maximum Gasteiger partial charge on any atom is 0.203 e. The van der Waals surface area contributed by atoms with E-state index in [0.717, 1.165) is 27.6 Å². The van der Waals surface area contributed by atoms with Gasteiger partial charge in [-0.2, -0.15) is 4.68 Å². The molecule has 1 atom stereocenters. The summed E-state index contributed by atoms with van der Waals surface area (Å²) in [6.45, 7) is 5.65. The monoisotopic (exact) mass is 399 g/mol. The summed E-state index contributed by atoms with van der Waals surface area (Å²) in [5, 5.41) is 4.75. The number of quaternary nitrogens is 1. The van der Waals surface area contributed by atoms with Crippen LogP contribution in [0, 0.1) is 10.6 Å². The SMILES string of the molecule is C=CCn1c(-c2ccc(OC)cc2)nn(C[NH+](C)Cc2cccc(F)c2)c1=S. The van der Waals surface area contributed by atoms with Gasteiger partial charge in [0.2, 0.25) is 4.77 Å². The summed E-state index contributed by atoms with van der Waals surface area (Å²) in [6.07, 6.45) is 1.80. The van der Waals surface area contributed by atoms with E-state index in [0.29, 0.717) is 24.5 Å². The Balaban J connectivity index is 1.86. The number of methoxy groups -OCH3 is 1. The third kappa shape index (κ3) is 4.55. The first-order valence-electron chi connectivity index (χ1n) is 9.00. The number of benzene rings is 2. The maximum atomic E-state index is 13.4. The highest BCUT2D eigenvalue weighted by Crippen LogP contribution is 2.21. The lowest BCUT2D eigenvalue weighted by molar-refractivity contribution is -0.917. The molecule has 0 spiro atoms. The second-order valence-electron chi connectivity index (χ2n) is 6.66. The molecule has 0 aliphatic carbocycles. The van der Waals surface area contributed by atoms with E-state index in [1.807, 2.05) is 46.6 Å². The Kier molecular flexibility index (Phi) is 6.38. The van der Waals surface area contributed by atoms with Crippen LogP contribution < -0.4 is 9.64 Å². The Morgan fingerprint density at radius 1 is 1.25 bits per heavy atom. The van der Waals surface area contributed by atoms with E-state index in [1.165, 1.54) is 6.07 Å². The molecule has 3 rings (SSSR count). The number of nitrogens with one attached hydrogen (secondary N) is 1.